The van der Waals surface area contributed by atoms with E-state index in [-0.39, 0.29) is 30.9 Å². The Kier molecular flexibility index (Phi) is 5.23. The highest BCUT2D eigenvalue weighted by atomic mass is 35.5. The van der Waals surface area contributed by atoms with Crippen LogP contribution in [0.25, 0.3) is 0 Å². The number of hydrogen-bond donors (Lipinski definition) is 2. The number of halogens is 1. The predicted molar refractivity (Wildman–Crippen MR) is 97.7 cm³/mol. The maximum absolute atomic E-state index is 12.4. The van der Waals surface area contributed by atoms with E-state index < -0.39 is 6.03 Å². The van der Waals surface area contributed by atoms with Gasteiger partial charge in [-0.3, -0.25) is 14.5 Å². The van der Waals surface area contributed by atoms with Crippen LogP contribution in [-0.4, -0.2) is 29.3 Å². The Balaban J connectivity index is 1.63. The standard InChI is InChI=1S/C19H18ClN3O3/c1-12(15-3-2-4-16(20)9-15)22-18(25)14-7-5-13(6-8-14)11-23-17(24)10-21-19(23)26/h2-9,12H,10-11H2,1H3,(H,21,26)(H,22,25). The third-order valence-corrected chi connectivity index (χ3v) is 4.43. The zero-order chi connectivity index (χ0) is 18.7. The number of amides is 4. The van der Waals surface area contributed by atoms with Gasteiger partial charge in [0.1, 0.15) is 0 Å². The molecule has 0 aromatic heterocycles. The third-order valence-electron chi connectivity index (χ3n) is 4.19. The number of hydrogen-bond acceptors (Lipinski definition) is 3. The summed E-state index contributed by atoms with van der Waals surface area (Å²) in [4.78, 5) is 36.7. The highest BCUT2D eigenvalue weighted by Gasteiger charge is 2.28. The topological polar surface area (TPSA) is 78.5 Å². The predicted octanol–water partition coefficient (Wildman–Crippen LogP) is 2.88. The summed E-state index contributed by atoms with van der Waals surface area (Å²) in [6.07, 6.45) is 0. The highest BCUT2D eigenvalue weighted by Crippen LogP contribution is 2.18. The van der Waals surface area contributed by atoms with E-state index in [0.717, 1.165) is 16.0 Å². The molecule has 1 atom stereocenters. The van der Waals surface area contributed by atoms with Crippen molar-refractivity contribution in [2.45, 2.75) is 19.5 Å². The first-order valence-corrected chi connectivity index (χ1v) is 8.55. The summed E-state index contributed by atoms with van der Waals surface area (Å²) in [5.41, 5.74) is 2.19. The van der Waals surface area contributed by atoms with Gasteiger partial charge >= 0.3 is 6.03 Å². The molecule has 6 nitrogen and oxygen atoms in total. The van der Waals surface area contributed by atoms with Crippen LogP contribution in [0.3, 0.4) is 0 Å². The van der Waals surface area contributed by atoms with Crippen molar-refractivity contribution in [3.63, 3.8) is 0 Å². The second-order valence-electron chi connectivity index (χ2n) is 6.09. The number of carbonyl (C=O) groups is 3. The van der Waals surface area contributed by atoms with Crippen molar-refractivity contribution in [3.05, 3.63) is 70.2 Å². The van der Waals surface area contributed by atoms with Gasteiger partial charge in [-0.2, -0.15) is 0 Å². The normalized spacial score (nSPS) is 14.9. The highest BCUT2D eigenvalue weighted by molar-refractivity contribution is 6.30. The molecule has 1 saturated heterocycles. The molecule has 2 aromatic rings. The van der Waals surface area contributed by atoms with E-state index in [2.05, 4.69) is 10.6 Å². The van der Waals surface area contributed by atoms with E-state index in [1.54, 1.807) is 30.3 Å². The molecule has 0 spiro atoms. The molecule has 0 radical (unpaired) electrons. The summed E-state index contributed by atoms with van der Waals surface area (Å²) >= 11 is 5.98. The summed E-state index contributed by atoms with van der Waals surface area (Å²) in [7, 11) is 0. The van der Waals surface area contributed by atoms with Gasteiger partial charge in [0.2, 0.25) is 5.91 Å². The molecule has 0 saturated carbocycles. The maximum atomic E-state index is 12.4. The second kappa shape index (κ2) is 7.58. The molecular formula is C19H18ClN3O3. The molecule has 1 heterocycles. The molecule has 1 unspecified atom stereocenters. The van der Waals surface area contributed by atoms with E-state index in [0.29, 0.717) is 10.6 Å². The molecule has 7 heteroatoms. The Labute approximate surface area is 156 Å². The SMILES string of the molecule is CC(NC(=O)c1ccc(CN2C(=O)CNC2=O)cc1)c1cccc(Cl)c1. The van der Waals surface area contributed by atoms with Crippen LogP contribution in [0.15, 0.2) is 48.5 Å². The molecule has 0 aliphatic carbocycles. The largest absolute Gasteiger partial charge is 0.346 e. The lowest BCUT2D eigenvalue weighted by molar-refractivity contribution is -0.125. The van der Waals surface area contributed by atoms with Gasteiger partial charge in [-0.05, 0) is 42.3 Å². The molecule has 2 aromatic carbocycles. The first-order chi connectivity index (χ1) is 12.4. The number of imide groups is 1. The monoisotopic (exact) mass is 371 g/mol. The fourth-order valence-electron chi connectivity index (χ4n) is 2.70. The summed E-state index contributed by atoms with van der Waals surface area (Å²) < 4.78 is 0. The van der Waals surface area contributed by atoms with Crippen LogP contribution in [0, 0.1) is 0 Å². The van der Waals surface area contributed by atoms with Crippen molar-refractivity contribution in [1.29, 1.82) is 0 Å². The van der Waals surface area contributed by atoms with Gasteiger partial charge in [-0.1, -0.05) is 35.9 Å². The molecule has 1 aliphatic rings. The minimum atomic E-state index is -0.396. The quantitative estimate of drug-likeness (QED) is 0.793. The number of nitrogens with zero attached hydrogens (tertiary/aromatic N) is 1. The van der Waals surface area contributed by atoms with Crippen LogP contribution in [0.4, 0.5) is 4.79 Å². The fourth-order valence-corrected chi connectivity index (χ4v) is 2.90. The van der Waals surface area contributed by atoms with Gasteiger partial charge in [0, 0.05) is 10.6 Å². The maximum Gasteiger partial charge on any atom is 0.324 e. The average molecular weight is 372 g/mol. The number of urea groups is 1. The lowest BCUT2D eigenvalue weighted by Gasteiger charge is -2.15. The van der Waals surface area contributed by atoms with Crippen molar-refractivity contribution < 1.29 is 14.4 Å². The smallest absolute Gasteiger partial charge is 0.324 e. The van der Waals surface area contributed by atoms with Crippen molar-refractivity contribution in [2.75, 3.05) is 6.54 Å². The number of carbonyl (C=O) groups excluding carboxylic acids is 3. The molecule has 4 amide bonds. The van der Waals surface area contributed by atoms with Crippen molar-refractivity contribution in [1.82, 2.24) is 15.5 Å². The fraction of sp³-hybridized carbons (Fsp3) is 0.211. The van der Waals surface area contributed by atoms with Crippen LogP contribution in [-0.2, 0) is 11.3 Å². The zero-order valence-electron chi connectivity index (χ0n) is 14.2. The van der Waals surface area contributed by atoms with Crippen LogP contribution < -0.4 is 10.6 Å². The summed E-state index contributed by atoms with van der Waals surface area (Å²) in [5, 5.41) is 6.01. The lowest BCUT2D eigenvalue weighted by Crippen LogP contribution is -2.30. The average Bonchev–Trinajstić information content (AvgIpc) is 2.94. The minimum Gasteiger partial charge on any atom is -0.346 e. The Morgan fingerprint density at radius 3 is 2.58 bits per heavy atom. The molecule has 0 bridgehead atoms. The Hall–Kier alpha value is -2.86. The Morgan fingerprint density at radius 2 is 1.96 bits per heavy atom. The van der Waals surface area contributed by atoms with Gasteiger partial charge in [-0.25, -0.2) is 4.79 Å². The van der Waals surface area contributed by atoms with E-state index in [1.807, 2.05) is 25.1 Å². The van der Waals surface area contributed by atoms with Crippen molar-refractivity contribution >= 4 is 29.4 Å². The molecular weight excluding hydrogens is 354 g/mol. The summed E-state index contributed by atoms with van der Waals surface area (Å²) in [6.45, 7) is 2.10. The van der Waals surface area contributed by atoms with Crippen LogP contribution in [0.1, 0.15) is 34.5 Å². The molecule has 2 N–H and O–H groups in total. The first kappa shape index (κ1) is 17.9. The molecule has 134 valence electrons. The zero-order valence-corrected chi connectivity index (χ0v) is 14.9. The first-order valence-electron chi connectivity index (χ1n) is 8.17. The lowest BCUT2D eigenvalue weighted by atomic mass is 10.1. The Morgan fingerprint density at radius 1 is 1.23 bits per heavy atom. The Bertz CT molecular complexity index is 835. The number of rotatable bonds is 5. The van der Waals surface area contributed by atoms with Crippen molar-refractivity contribution in [3.8, 4) is 0 Å². The van der Waals surface area contributed by atoms with Gasteiger partial charge in [0.25, 0.3) is 5.91 Å². The van der Waals surface area contributed by atoms with E-state index in [4.69, 9.17) is 11.6 Å². The van der Waals surface area contributed by atoms with Crippen molar-refractivity contribution in [2.24, 2.45) is 0 Å². The molecule has 3 rings (SSSR count). The van der Waals surface area contributed by atoms with Gasteiger partial charge in [-0.15, -0.1) is 0 Å². The molecule has 26 heavy (non-hydrogen) atoms. The number of nitrogens with one attached hydrogen (secondary N) is 2. The van der Waals surface area contributed by atoms with Gasteiger partial charge < -0.3 is 10.6 Å². The second-order valence-corrected chi connectivity index (χ2v) is 6.52. The van der Waals surface area contributed by atoms with Gasteiger partial charge in [0.15, 0.2) is 0 Å². The van der Waals surface area contributed by atoms with Crippen LogP contribution in [0.5, 0.6) is 0 Å². The summed E-state index contributed by atoms with van der Waals surface area (Å²) in [5.74, 6) is -0.466. The van der Waals surface area contributed by atoms with Crippen LogP contribution in [0.2, 0.25) is 5.02 Å². The third kappa shape index (κ3) is 4.03. The van der Waals surface area contributed by atoms with Crippen LogP contribution >= 0.6 is 11.6 Å². The minimum absolute atomic E-state index is 0.0285. The van der Waals surface area contributed by atoms with E-state index in [1.165, 1.54) is 0 Å². The summed E-state index contributed by atoms with van der Waals surface area (Å²) in [6, 6.07) is 13.6. The van der Waals surface area contributed by atoms with E-state index in [9.17, 15) is 14.4 Å². The van der Waals surface area contributed by atoms with Gasteiger partial charge in [0.05, 0.1) is 19.1 Å². The molecule has 1 fully saturated rings. The van der Waals surface area contributed by atoms with E-state index >= 15 is 0 Å². The number of benzene rings is 2. The molecule has 1 aliphatic heterocycles.